The Bertz CT molecular complexity index is 646. The normalized spacial score (nSPS) is 20.3. The number of hydrogen-bond donors (Lipinski definition) is 1. The zero-order valence-corrected chi connectivity index (χ0v) is 14.3. The van der Waals surface area contributed by atoms with Gasteiger partial charge in [-0.2, -0.15) is 0 Å². The number of carbonyl (C=O) groups excluding carboxylic acids is 1. The third-order valence-corrected chi connectivity index (χ3v) is 5.51. The van der Waals surface area contributed by atoms with Gasteiger partial charge < -0.3 is 4.90 Å². The summed E-state index contributed by atoms with van der Waals surface area (Å²) < 4.78 is 39.7. The SMILES string of the molecule is CC(NS(=O)(=O)Cc1ccc(F)cc1)C(=O)N1CCCCC1C. The summed E-state index contributed by atoms with van der Waals surface area (Å²) in [6, 6.07) is 4.62. The molecule has 1 N–H and O–H groups in total. The first kappa shape index (κ1) is 17.9. The minimum absolute atomic E-state index is 0.139. The molecule has 1 amide bonds. The van der Waals surface area contributed by atoms with Gasteiger partial charge in [0.2, 0.25) is 15.9 Å². The van der Waals surface area contributed by atoms with Crippen molar-refractivity contribution in [3.8, 4) is 0 Å². The van der Waals surface area contributed by atoms with Crippen molar-refractivity contribution in [2.75, 3.05) is 6.54 Å². The average molecular weight is 342 g/mol. The molecule has 1 saturated heterocycles. The number of hydrogen-bond acceptors (Lipinski definition) is 3. The first-order valence-corrected chi connectivity index (χ1v) is 9.48. The largest absolute Gasteiger partial charge is 0.339 e. The van der Waals surface area contributed by atoms with Gasteiger partial charge in [-0.15, -0.1) is 0 Å². The van der Waals surface area contributed by atoms with E-state index in [1.165, 1.54) is 24.3 Å². The topological polar surface area (TPSA) is 66.5 Å². The highest BCUT2D eigenvalue weighted by Crippen LogP contribution is 2.17. The minimum atomic E-state index is -3.67. The van der Waals surface area contributed by atoms with Crippen LogP contribution in [0.5, 0.6) is 0 Å². The van der Waals surface area contributed by atoms with Crippen molar-refractivity contribution in [1.82, 2.24) is 9.62 Å². The summed E-state index contributed by atoms with van der Waals surface area (Å²) in [6.45, 7) is 4.21. The molecule has 2 unspecified atom stereocenters. The van der Waals surface area contributed by atoms with Crippen molar-refractivity contribution in [1.29, 1.82) is 0 Å². The van der Waals surface area contributed by atoms with E-state index in [9.17, 15) is 17.6 Å². The van der Waals surface area contributed by atoms with Crippen molar-refractivity contribution in [2.24, 2.45) is 0 Å². The number of nitrogens with one attached hydrogen (secondary N) is 1. The molecule has 23 heavy (non-hydrogen) atoms. The number of benzene rings is 1. The molecule has 0 aromatic heterocycles. The Labute approximate surface area is 136 Å². The van der Waals surface area contributed by atoms with Crippen LogP contribution in [0.25, 0.3) is 0 Å². The lowest BCUT2D eigenvalue weighted by molar-refractivity contribution is -0.135. The van der Waals surface area contributed by atoms with Gasteiger partial charge in [0.1, 0.15) is 5.82 Å². The van der Waals surface area contributed by atoms with Crippen LogP contribution in [0, 0.1) is 5.82 Å². The lowest BCUT2D eigenvalue weighted by Gasteiger charge is -2.35. The second-order valence-corrected chi connectivity index (χ2v) is 7.86. The number of piperidine rings is 1. The predicted molar refractivity (Wildman–Crippen MR) is 86.6 cm³/mol. The van der Waals surface area contributed by atoms with E-state index in [1.807, 2.05) is 6.92 Å². The van der Waals surface area contributed by atoms with Crippen LogP contribution in [0.2, 0.25) is 0 Å². The Hall–Kier alpha value is -1.47. The molecule has 0 saturated carbocycles. The summed E-state index contributed by atoms with van der Waals surface area (Å²) >= 11 is 0. The summed E-state index contributed by atoms with van der Waals surface area (Å²) in [7, 11) is -3.67. The van der Waals surface area contributed by atoms with E-state index in [-0.39, 0.29) is 17.7 Å². The van der Waals surface area contributed by atoms with Gasteiger partial charge in [-0.05, 0) is 50.8 Å². The number of halogens is 1. The van der Waals surface area contributed by atoms with E-state index < -0.39 is 21.9 Å². The molecule has 128 valence electrons. The van der Waals surface area contributed by atoms with Crippen molar-refractivity contribution >= 4 is 15.9 Å². The van der Waals surface area contributed by atoms with Crippen molar-refractivity contribution in [3.05, 3.63) is 35.6 Å². The molecule has 7 heteroatoms. The molecule has 0 aliphatic carbocycles. The highest BCUT2D eigenvalue weighted by Gasteiger charge is 2.29. The Kier molecular flexibility index (Phi) is 5.75. The van der Waals surface area contributed by atoms with Crippen LogP contribution in [0.3, 0.4) is 0 Å². The Morgan fingerprint density at radius 2 is 2.00 bits per heavy atom. The van der Waals surface area contributed by atoms with Crippen LogP contribution in [0.15, 0.2) is 24.3 Å². The molecule has 1 aromatic carbocycles. The Morgan fingerprint density at radius 1 is 1.35 bits per heavy atom. The monoisotopic (exact) mass is 342 g/mol. The van der Waals surface area contributed by atoms with E-state index in [0.717, 1.165) is 19.3 Å². The summed E-state index contributed by atoms with van der Waals surface area (Å²) in [4.78, 5) is 14.2. The first-order valence-electron chi connectivity index (χ1n) is 7.83. The van der Waals surface area contributed by atoms with Crippen molar-refractivity contribution < 1.29 is 17.6 Å². The van der Waals surface area contributed by atoms with Crippen molar-refractivity contribution in [2.45, 2.75) is 50.9 Å². The Balaban J connectivity index is 1.98. The number of sulfonamides is 1. The highest BCUT2D eigenvalue weighted by atomic mass is 32.2. The third kappa shape index (κ3) is 5.00. The summed E-state index contributed by atoms with van der Waals surface area (Å²) in [5.41, 5.74) is 0.477. The van der Waals surface area contributed by atoms with Crippen LogP contribution < -0.4 is 4.72 Å². The molecular formula is C16H23FN2O3S. The maximum Gasteiger partial charge on any atom is 0.240 e. The Morgan fingerprint density at radius 3 is 2.61 bits per heavy atom. The molecule has 1 aliphatic rings. The summed E-state index contributed by atoms with van der Waals surface area (Å²) in [6.07, 6.45) is 2.99. The molecule has 1 aromatic rings. The fourth-order valence-corrected chi connectivity index (χ4v) is 4.19. The fourth-order valence-electron chi connectivity index (χ4n) is 2.84. The van der Waals surface area contributed by atoms with Gasteiger partial charge in [0, 0.05) is 12.6 Å². The maximum atomic E-state index is 12.9. The number of amides is 1. The fraction of sp³-hybridized carbons (Fsp3) is 0.562. The zero-order chi connectivity index (χ0) is 17.0. The van der Waals surface area contributed by atoms with Crippen LogP contribution in [0.4, 0.5) is 4.39 Å². The third-order valence-electron chi connectivity index (χ3n) is 4.08. The highest BCUT2D eigenvalue weighted by molar-refractivity contribution is 7.88. The molecule has 2 atom stereocenters. The number of likely N-dealkylation sites (tertiary alicyclic amines) is 1. The molecule has 1 fully saturated rings. The standard InChI is InChI=1S/C16H23FN2O3S/c1-12-5-3-4-10-19(12)16(20)13(2)18-23(21,22)11-14-6-8-15(17)9-7-14/h6-9,12-13,18H,3-5,10-11H2,1-2H3. The smallest absolute Gasteiger partial charge is 0.240 e. The lowest BCUT2D eigenvalue weighted by Crippen LogP contribution is -2.51. The van der Waals surface area contributed by atoms with Crippen LogP contribution in [0.1, 0.15) is 38.7 Å². The van der Waals surface area contributed by atoms with Crippen LogP contribution in [-0.4, -0.2) is 37.9 Å². The molecule has 1 aliphatic heterocycles. The molecule has 1 heterocycles. The summed E-state index contributed by atoms with van der Waals surface area (Å²) in [5, 5.41) is 0. The first-order chi connectivity index (χ1) is 10.8. The minimum Gasteiger partial charge on any atom is -0.339 e. The number of rotatable bonds is 5. The van der Waals surface area contributed by atoms with E-state index >= 15 is 0 Å². The van der Waals surface area contributed by atoms with E-state index in [1.54, 1.807) is 11.8 Å². The second kappa shape index (κ2) is 7.40. The zero-order valence-electron chi connectivity index (χ0n) is 13.5. The van der Waals surface area contributed by atoms with Gasteiger partial charge in [0.25, 0.3) is 0 Å². The molecule has 0 radical (unpaired) electrons. The molecule has 5 nitrogen and oxygen atoms in total. The quantitative estimate of drug-likeness (QED) is 0.890. The van der Waals surface area contributed by atoms with E-state index in [4.69, 9.17) is 0 Å². The lowest BCUT2D eigenvalue weighted by atomic mass is 10.0. The van der Waals surface area contributed by atoms with Crippen LogP contribution >= 0.6 is 0 Å². The molecule has 0 bridgehead atoms. The van der Waals surface area contributed by atoms with Gasteiger partial charge in [-0.25, -0.2) is 17.5 Å². The van der Waals surface area contributed by atoms with Crippen LogP contribution in [-0.2, 0) is 20.6 Å². The van der Waals surface area contributed by atoms with Crippen molar-refractivity contribution in [3.63, 3.8) is 0 Å². The van der Waals surface area contributed by atoms with E-state index in [0.29, 0.717) is 12.1 Å². The van der Waals surface area contributed by atoms with Gasteiger partial charge in [0.05, 0.1) is 11.8 Å². The predicted octanol–water partition coefficient (Wildman–Crippen LogP) is 2.03. The number of carbonyl (C=O) groups is 1. The average Bonchev–Trinajstić information content (AvgIpc) is 2.48. The molecule has 0 spiro atoms. The van der Waals surface area contributed by atoms with Gasteiger partial charge in [-0.1, -0.05) is 12.1 Å². The van der Waals surface area contributed by atoms with Gasteiger partial charge >= 0.3 is 0 Å². The molecule has 2 rings (SSSR count). The maximum absolute atomic E-state index is 12.9. The number of nitrogens with zero attached hydrogens (tertiary/aromatic N) is 1. The second-order valence-electron chi connectivity index (χ2n) is 6.10. The van der Waals surface area contributed by atoms with Gasteiger partial charge in [0.15, 0.2) is 0 Å². The summed E-state index contributed by atoms with van der Waals surface area (Å²) in [5.74, 6) is -0.887. The van der Waals surface area contributed by atoms with E-state index in [2.05, 4.69) is 4.72 Å². The molecular weight excluding hydrogens is 319 g/mol. The van der Waals surface area contributed by atoms with Gasteiger partial charge in [-0.3, -0.25) is 4.79 Å².